The highest BCUT2D eigenvalue weighted by Crippen LogP contribution is 2.42. The van der Waals surface area contributed by atoms with Crippen LogP contribution in [0.1, 0.15) is 21.5 Å². The van der Waals surface area contributed by atoms with Crippen molar-refractivity contribution in [3.8, 4) is 17.2 Å². The summed E-state index contributed by atoms with van der Waals surface area (Å²) >= 11 is 21.0. The molecule has 0 bridgehead atoms. The highest BCUT2D eigenvalue weighted by molar-refractivity contribution is 14.1. The van der Waals surface area contributed by atoms with Gasteiger partial charge in [0.25, 0.3) is 5.91 Å². The van der Waals surface area contributed by atoms with Crippen LogP contribution in [0.15, 0.2) is 56.5 Å². The van der Waals surface area contributed by atoms with Gasteiger partial charge in [-0.25, -0.2) is 5.43 Å². The van der Waals surface area contributed by atoms with Crippen molar-refractivity contribution in [2.45, 2.75) is 6.61 Å². The molecule has 0 spiro atoms. The van der Waals surface area contributed by atoms with E-state index in [1.807, 2.05) is 28.7 Å². The third kappa shape index (κ3) is 6.54. The number of benzene rings is 3. The second-order valence-corrected chi connectivity index (χ2v) is 10.1. The number of phenols is 1. The normalized spacial score (nSPS) is 11.0. The molecule has 0 aliphatic carbocycles. The number of rotatable bonds is 7. The monoisotopic (exact) mass is 726 g/mol. The molecule has 0 heterocycles. The molecular weight excluding hydrogens is 714 g/mol. The van der Waals surface area contributed by atoms with Crippen molar-refractivity contribution >= 4 is 89.8 Å². The van der Waals surface area contributed by atoms with Crippen LogP contribution in [-0.4, -0.2) is 24.3 Å². The van der Waals surface area contributed by atoms with Gasteiger partial charge in [0.2, 0.25) is 0 Å². The van der Waals surface area contributed by atoms with Crippen LogP contribution in [0.25, 0.3) is 0 Å². The summed E-state index contributed by atoms with van der Waals surface area (Å²) in [4.78, 5) is 12.3. The summed E-state index contributed by atoms with van der Waals surface area (Å²) in [6, 6.07) is 11.6. The van der Waals surface area contributed by atoms with Gasteiger partial charge in [-0.15, -0.1) is 0 Å². The Bertz CT molecular complexity index is 1240. The van der Waals surface area contributed by atoms with Crippen molar-refractivity contribution < 1.29 is 19.4 Å². The lowest BCUT2D eigenvalue weighted by atomic mass is 10.2. The third-order valence-corrected chi connectivity index (χ3v) is 8.12. The summed E-state index contributed by atoms with van der Waals surface area (Å²) < 4.78 is 13.3. The molecule has 33 heavy (non-hydrogen) atoms. The summed E-state index contributed by atoms with van der Waals surface area (Å²) in [5.41, 5.74) is 4.19. The fourth-order valence-electron chi connectivity index (χ4n) is 2.65. The molecule has 2 N–H and O–H groups in total. The average molecular weight is 729 g/mol. The first-order chi connectivity index (χ1) is 15.7. The van der Waals surface area contributed by atoms with Gasteiger partial charge in [-0.05, 0) is 96.4 Å². The summed E-state index contributed by atoms with van der Waals surface area (Å²) in [5.74, 6) is 0.508. The first-order valence-corrected chi connectivity index (χ1v) is 12.6. The van der Waals surface area contributed by atoms with Crippen LogP contribution in [0.4, 0.5) is 0 Å². The molecule has 0 radical (unpaired) electrons. The third-order valence-electron chi connectivity index (χ3n) is 4.32. The molecule has 3 aromatic rings. The van der Waals surface area contributed by atoms with Crippen molar-refractivity contribution in [3.63, 3.8) is 0 Å². The number of hydrogen-bond donors (Lipinski definition) is 2. The maximum atomic E-state index is 12.3. The number of aromatic hydroxyl groups is 1. The minimum Gasteiger partial charge on any atom is -0.507 e. The van der Waals surface area contributed by atoms with E-state index in [9.17, 15) is 9.90 Å². The molecule has 0 saturated carbocycles. The van der Waals surface area contributed by atoms with E-state index in [1.165, 1.54) is 19.4 Å². The number of carbonyl (C=O) groups excluding carboxylic acids is 1. The van der Waals surface area contributed by atoms with Crippen molar-refractivity contribution in [2.24, 2.45) is 5.10 Å². The summed E-state index contributed by atoms with van der Waals surface area (Å²) in [7, 11) is 1.52. The van der Waals surface area contributed by atoms with Crippen LogP contribution in [-0.2, 0) is 6.61 Å². The van der Waals surface area contributed by atoms with Gasteiger partial charge in [0.15, 0.2) is 11.5 Å². The lowest BCUT2D eigenvalue weighted by molar-refractivity contribution is 0.0954. The quantitative estimate of drug-likeness (QED) is 0.154. The topological polar surface area (TPSA) is 80.2 Å². The van der Waals surface area contributed by atoms with Gasteiger partial charge in [0, 0.05) is 15.6 Å². The number of methoxy groups -OCH3 is 1. The molecule has 0 saturated heterocycles. The van der Waals surface area contributed by atoms with E-state index in [0.29, 0.717) is 39.6 Å². The predicted octanol–water partition coefficient (Wildman–Crippen LogP) is 7.18. The van der Waals surface area contributed by atoms with Crippen molar-refractivity contribution in [1.82, 2.24) is 5.43 Å². The summed E-state index contributed by atoms with van der Waals surface area (Å²) in [6.45, 7) is 0.241. The van der Waals surface area contributed by atoms with Gasteiger partial charge >= 0.3 is 0 Å². The van der Waals surface area contributed by atoms with Gasteiger partial charge < -0.3 is 14.6 Å². The predicted molar refractivity (Wildman–Crippen MR) is 145 cm³/mol. The largest absolute Gasteiger partial charge is 0.507 e. The Kier molecular flexibility index (Phi) is 9.28. The molecule has 172 valence electrons. The zero-order valence-electron chi connectivity index (χ0n) is 16.8. The number of halogens is 5. The number of nitrogens with one attached hydrogen (secondary N) is 1. The molecule has 1 amide bonds. The second-order valence-electron chi connectivity index (χ2n) is 6.53. The molecule has 0 fully saturated rings. The lowest BCUT2D eigenvalue weighted by Gasteiger charge is -2.15. The van der Waals surface area contributed by atoms with Gasteiger partial charge in [0.05, 0.1) is 31.4 Å². The first kappa shape index (κ1) is 26.1. The van der Waals surface area contributed by atoms with E-state index in [2.05, 4.69) is 42.4 Å². The maximum Gasteiger partial charge on any atom is 0.271 e. The van der Waals surface area contributed by atoms with Crippen molar-refractivity contribution in [1.29, 1.82) is 0 Å². The van der Waals surface area contributed by atoms with E-state index < -0.39 is 5.91 Å². The van der Waals surface area contributed by atoms with Crippen LogP contribution in [0, 0.1) is 3.57 Å². The Morgan fingerprint density at radius 2 is 1.91 bits per heavy atom. The lowest BCUT2D eigenvalue weighted by Crippen LogP contribution is -2.17. The number of amides is 1. The number of ether oxygens (including phenoxy) is 2. The molecular formula is C22H15Br2Cl2IN2O4. The van der Waals surface area contributed by atoms with Crippen LogP contribution >= 0.6 is 77.7 Å². The molecule has 0 aliphatic heterocycles. The molecule has 11 heteroatoms. The second kappa shape index (κ2) is 11.7. The standard InChI is InChI=1S/C22H15Br2Cl2IN2O4/c1-32-18-8-13(9-28-29-22(31)12-3-5-16(27)17(30)7-12)19(23)20(24)21(18)33-10-11-2-4-14(25)15(26)6-11/h2-9,30H,10H2,1H3,(H,29,31)/b28-9-. The van der Waals surface area contributed by atoms with Crippen LogP contribution < -0.4 is 14.9 Å². The first-order valence-electron chi connectivity index (χ1n) is 9.16. The van der Waals surface area contributed by atoms with E-state index in [-0.39, 0.29) is 17.9 Å². The summed E-state index contributed by atoms with van der Waals surface area (Å²) in [5, 5.41) is 14.7. The minimum atomic E-state index is -0.457. The maximum absolute atomic E-state index is 12.3. The number of nitrogens with zero attached hydrogens (tertiary/aromatic N) is 1. The smallest absolute Gasteiger partial charge is 0.271 e. The van der Waals surface area contributed by atoms with Gasteiger partial charge in [-0.2, -0.15) is 5.10 Å². The number of carbonyl (C=O) groups is 1. The molecule has 0 unspecified atom stereocenters. The van der Waals surface area contributed by atoms with Gasteiger partial charge in [-0.3, -0.25) is 4.79 Å². The Morgan fingerprint density at radius 1 is 1.15 bits per heavy atom. The highest BCUT2D eigenvalue weighted by Gasteiger charge is 2.17. The zero-order chi connectivity index (χ0) is 24.1. The van der Waals surface area contributed by atoms with Crippen LogP contribution in [0.2, 0.25) is 10.0 Å². The molecule has 3 rings (SSSR count). The molecule has 3 aromatic carbocycles. The Balaban J connectivity index is 1.76. The molecule has 0 aliphatic rings. The van der Waals surface area contributed by atoms with E-state index in [0.717, 1.165) is 5.56 Å². The van der Waals surface area contributed by atoms with Crippen molar-refractivity contribution in [2.75, 3.05) is 7.11 Å². The molecule has 0 atom stereocenters. The minimum absolute atomic E-state index is 0.0279. The number of hydrogen-bond acceptors (Lipinski definition) is 5. The summed E-state index contributed by atoms with van der Waals surface area (Å²) in [6.07, 6.45) is 1.46. The zero-order valence-corrected chi connectivity index (χ0v) is 23.7. The van der Waals surface area contributed by atoms with E-state index in [1.54, 1.807) is 30.3 Å². The Morgan fingerprint density at radius 3 is 2.58 bits per heavy atom. The van der Waals surface area contributed by atoms with E-state index in [4.69, 9.17) is 32.7 Å². The SMILES string of the molecule is COc1cc(/C=N\NC(=O)c2ccc(I)c(O)c2)c(Br)c(Br)c1OCc1ccc(Cl)c(Cl)c1. The van der Waals surface area contributed by atoms with E-state index >= 15 is 0 Å². The molecule has 6 nitrogen and oxygen atoms in total. The molecule has 0 aromatic heterocycles. The van der Waals surface area contributed by atoms with Crippen molar-refractivity contribution in [3.05, 3.63) is 81.7 Å². The van der Waals surface area contributed by atoms with Crippen LogP contribution in [0.5, 0.6) is 17.2 Å². The average Bonchev–Trinajstić information content (AvgIpc) is 2.79. The number of phenolic OH excluding ortho intramolecular Hbond substituents is 1. The van der Waals surface area contributed by atoms with Gasteiger partial charge in [-0.1, -0.05) is 29.3 Å². The highest BCUT2D eigenvalue weighted by atomic mass is 127. The fourth-order valence-corrected chi connectivity index (χ4v) is 4.24. The fraction of sp³-hybridized carbons (Fsp3) is 0.0909. The van der Waals surface area contributed by atoms with Gasteiger partial charge in [0.1, 0.15) is 12.4 Å². The van der Waals surface area contributed by atoms with Crippen LogP contribution in [0.3, 0.4) is 0 Å². The number of hydrazone groups is 1. The Hall–Kier alpha value is -1.53. The Labute approximate surface area is 230 Å².